The van der Waals surface area contributed by atoms with Crippen LogP contribution in [0.2, 0.25) is 0 Å². The van der Waals surface area contributed by atoms with Crippen LogP contribution in [-0.4, -0.2) is 29.9 Å². The summed E-state index contributed by atoms with van der Waals surface area (Å²) in [5.74, 6) is 2.37. The first kappa shape index (κ1) is 10.8. The summed E-state index contributed by atoms with van der Waals surface area (Å²) in [4.78, 5) is 13.4. The fraction of sp³-hybridized carbons (Fsp3) is 0.545. The number of rotatable bonds is 2. The molecular formula is C11H16N2O. The molecule has 0 saturated carbocycles. The molecule has 0 aromatic rings. The third kappa shape index (κ3) is 2.61. The molecule has 0 bridgehead atoms. The van der Waals surface area contributed by atoms with Gasteiger partial charge in [0.2, 0.25) is 5.91 Å². The molecule has 0 fully saturated rings. The Bertz CT molecular complexity index is 288. The van der Waals surface area contributed by atoms with Crippen LogP contribution in [0.5, 0.6) is 0 Å². The van der Waals surface area contributed by atoms with Gasteiger partial charge in [-0.1, -0.05) is 11.6 Å². The van der Waals surface area contributed by atoms with Crippen molar-refractivity contribution in [2.75, 3.05) is 13.1 Å². The average molecular weight is 192 g/mol. The molecule has 0 aliphatic carbocycles. The number of terminal acetylenes is 1. The lowest BCUT2D eigenvalue weighted by atomic mass is 10.1. The minimum atomic E-state index is -0.535. The summed E-state index contributed by atoms with van der Waals surface area (Å²) in [6, 6.07) is -0.535. The molecule has 3 heteroatoms. The van der Waals surface area contributed by atoms with Gasteiger partial charge in [-0.15, -0.1) is 12.3 Å². The Labute approximate surface area is 85.0 Å². The summed E-state index contributed by atoms with van der Waals surface area (Å²) >= 11 is 0. The van der Waals surface area contributed by atoms with Gasteiger partial charge in [0.05, 0.1) is 6.04 Å². The maximum absolute atomic E-state index is 11.7. The van der Waals surface area contributed by atoms with Crippen molar-refractivity contribution < 1.29 is 4.79 Å². The average Bonchev–Trinajstić information content (AvgIpc) is 2.18. The Morgan fingerprint density at radius 1 is 1.86 bits per heavy atom. The van der Waals surface area contributed by atoms with Gasteiger partial charge in [0.15, 0.2) is 0 Å². The number of carbonyl (C=O) groups excluding carboxylic acids is 1. The zero-order valence-corrected chi connectivity index (χ0v) is 8.49. The minimum absolute atomic E-state index is 0.0355. The van der Waals surface area contributed by atoms with E-state index in [-0.39, 0.29) is 5.91 Å². The van der Waals surface area contributed by atoms with Crippen LogP contribution in [0, 0.1) is 12.3 Å². The number of nitrogens with zero attached hydrogens (tertiary/aromatic N) is 1. The Morgan fingerprint density at radius 2 is 2.57 bits per heavy atom. The van der Waals surface area contributed by atoms with Crippen molar-refractivity contribution >= 4 is 5.91 Å². The molecule has 1 amide bonds. The van der Waals surface area contributed by atoms with Crippen LogP contribution in [0.25, 0.3) is 0 Å². The lowest BCUT2D eigenvalue weighted by Crippen LogP contribution is -2.45. The second-order valence-electron chi connectivity index (χ2n) is 3.60. The zero-order chi connectivity index (χ0) is 10.6. The van der Waals surface area contributed by atoms with E-state index in [2.05, 4.69) is 18.9 Å². The molecule has 0 saturated heterocycles. The summed E-state index contributed by atoms with van der Waals surface area (Å²) in [6.07, 6.45) is 8.42. The van der Waals surface area contributed by atoms with Crippen LogP contribution in [0.15, 0.2) is 11.6 Å². The van der Waals surface area contributed by atoms with E-state index < -0.39 is 6.04 Å². The molecule has 2 N–H and O–H groups in total. The maximum atomic E-state index is 11.7. The number of amides is 1. The molecule has 1 aliphatic rings. The topological polar surface area (TPSA) is 46.3 Å². The lowest BCUT2D eigenvalue weighted by Gasteiger charge is -2.27. The smallest absolute Gasteiger partial charge is 0.240 e. The van der Waals surface area contributed by atoms with Gasteiger partial charge in [0, 0.05) is 19.5 Å². The van der Waals surface area contributed by atoms with Crippen molar-refractivity contribution in [1.29, 1.82) is 0 Å². The number of nitrogens with two attached hydrogens (primary N) is 1. The highest BCUT2D eigenvalue weighted by molar-refractivity contribution is 5.82. The Balaban J connectivity index is 2.51. The first-order valence-corrected chi connectivity index (χ1v) is 4.78. The Hall–Kier alpha value is -1.27. The summed E-state index contributed by atoms with van der Waals surface area (Å²) in [5.41, 5.74) is 6.97. The van der Waals surface area contributed by atoms with Gasteiger partial charge in [-0.2, -0.15) is 0 Å². The van der Waals surface area contributed by atoms with Gasteiger partial charge >= 0.3 is 0 Å². The third-order valence-electron chi connectivity index (χ3n) is 2.40. The zero-order valence-electron chi connectivity index (χ0n) is 8.49. The van der Waals surface area contributed by atoms with E-state index in [1.165, 1.54) is 5.57 Å². The molecule has 1 aliphatic heterocycles. The van der Waals surface area contributed by atoms with E-state index >= 15 is 0 Å². The van der Waals surface area contributed by atoms with Crippen LogP contribution in [0.4, 0.5) is 0 Å². The fourth-order valence-corrected chi connectivity index (χ4v) is 1.42. The van der Waals surface area contributed by atoms with Gasteiger partial charge in [0.1, 0.15) is 0 Å². The highest BCUT2D eigenvalue weighted by Crippen LogP contribution is 2.10. The quantitative estimate of drug-likeness (QED) is 0.512. The third-order valence-corrected chi connectivity index (χ3v) is 2.40. The molecule has 76 valence electrons. The van der Waals surface area contributed by atoms with Crippen LogP contribution >= 0.6 is 0 Å². The molecule has 1 atom stereocenters. The van der Waals surface area contributed by atoms with Crippen LogP contribution in [0.1, 0.15) is 19.8 Å². The van der Waals surface area contributed by atoms with Gasteiger partial charge in [0.25, 0.3) is 0 Å². The van der Waals surface area contributed by atoms with Crippen LogP contribution in [0.3, 0.4) is 0 Å². The standard InChI is InChI=1S/C11H16N2O/c1-3-4-10(12)11(14)13-7-5-9(2)6-8-13/h1,5,10H,4,6-8,12H2,2H3. The SMILES string of the molecule is C#CCC(N)C(=O)N1CC=C(C)CC1. The highest BCUT2D eigenvalue weighted by atomic mass is 16.2. The number of carbonyl (C=O) groups is 1. The molecule has 1 unspecified atom stereocenters. The molecule has 0 radical (unpaired) electrons. The molecule has 1 heterocycles. The highest BCUT2D eigenvalue weighted by Gasteiger charge is 2.20. The van der Waals surface area contributed by atoms with Crippen molar-refractivity contribution in [3.05, 3.63) is 11.6 Å². The second kappa shape index (κ2) is 4.83. The first-order chi connectivity index (χ1) is 6.65. The van der Waals surface area contributed by atoms with Gasteiger partial charge in [-0.05, 0) is 13.3 Å². The van der Waals surface area contributed by atoms with Crippen molar-refractivity contribution in [1.82, 2.24) is 4.90 Å². The second-order valence-corrected chi connectivity index (χ2v) is 3.60. The normalized spacial score (nSPS) is 18.4. The largest absolute Gasteiger partial charge is 0.337 e. The van der Waals surface area contributed by atoms with Crippen LogP contribution in [-0.2, 0) is 4.79 Å². The molecular weight excluding hydrogens is 176 g/mol. The molecule has 0 spiro atoms. The molecule has 14 heavy (non-hydrogen) atoms. The van der Waals surface area contributed by atoms with Gasteiger partial charge < -0.3 is 10.6 Å². The monoisotopic (exact) mass is 192 g/mol. The predicted octanol–water partition coefficient (Wildman–Crippen LogP) is 0.516. The Morgan fingerprint density at radius 3 is 3.07 bits per heavy atom. The maximum Gasteiger partial charge on any atom is 0.240 e. The van der Waals surface area contributed by atoms with E-state index in [0.29, 0.717) is 13.0 Å². The summed E-state index contributed by atoms with van der Waals surface area (Å²) in [6.45, 7) is 3.51. The van der Waals surface area contributed by atoms with Gasteiger partial charge in [-0.3, -0.25) is 4.79 Å². The lowest BCUT2D eigenvalue weighted by molar-refractivity contribution is -0.132. The summed E-state index contributed by atoms with van der Waals surface area (Å²) in [5, 5.41) is 0. The van der Waals surface area contributed by atoms with Crippen molar-refractivity contribution in [2.45, 2.75) is 25.8 Å². The van der Waals surface area contributed by atoms with E-state index in [4.69, 9.17) is 12.2 Å². The summed E-state index contributed by atoms with van der Waals surface area (Å²) in [7, 11) is 0. The number of hydrogen-bond acceptors (Lipinski definition) is 2. The van der Waals surface area contributed by atoms with E-state index in [1.807, 2.05) is 0 Å². The van der Waals surface area contributed by atoms with Gasteiger partial charge in [-0.25, -0.2) is 0 Å². The van der Waals surface area contributed by atoms with Crippen molar-refractivity contribution in [3.63, 3.8) is 0 Å². The number of hydrogen-bond donors (Lipinski definition) is 1. The van der Waals surface area contributed by atoms with E-state index in [1.54, 1.807) is 4.90 Å². The van der Waals surface area contributed by atoms with Crippen LogP contribution < -0.4 is 5.73 Å². The molecule has 0 aromatic carbocycles. The molecule has 3 nitrogen and oxygen atoms in total. The first-order valence-electron chi connectivity index (χ1n) is 4.78. The fourth-order valence-electron chi connectivity index (χ4n) is 1.42. The van der Waals surface area contributed by atoms with E-state index in [9.17, 15) is 4.79 Å². The predicted molar refractivity (Wildman–Crippen MR) is 56.4 cm³/mol. The van der Waals surface area contributed by atoms with Crippen molar-refractivity contribution in [2.24, 2.45) is 5.73 Å². The molecule has 0 aromatic heterocycles. The Kier molecular flexibility index (Phi) is 3.73. The minimum Gasteiger partial charge on any atom is -0.337 e. The van der Waals surface area contributed by atoms with Crippen molar-refractivity contribution in [3.8, 4) is 12.3 Å². The summed E-state index contributed by atoms with van der Waals surface area (Å²) < 4.78 is 0. The van der Waals surface area contributed by atoms with E-state index in [0.717, 1.165) is 13.0 Å². The molecule has 1 rings (SSSR count).